The average molecular weight is 377 g/mol. The Bertz CT molecular complexity index is 862. The molecule has 0 heterocycles. The monoisotopic (exact) mass is 377 g/mol. The molecule has 0 saturated heterocycles. The van der Waals surface area contributed by atoms with Crippen molar-refractivity contribution in [2.45, 2.75) is 17.9 Å². The molecule has 0 aromatic heterocycles. The van der Waals surface area contributed by atoms with E-state index in [1.54, 1.807) is 12.1 Å². The van der Waals surface area contributed by atoms with Crippen molar-refractivity contribution in [2.24, 2.45) is 0 Å². The topological polar surface area (TPSA) is 98.8 Å². The Morgan fingerprint density at radius 3 is 2.12 bits per heavy atom. The van der Waals surface area contributed by atoms with E-state index in [4.69, 9.17) is 4.74 Å². The van der Waals surface area contributed by atoms with Crippen LogP contribution in [-0.2, 0) is 24.2 Å². The molecule has 0 aliphatic heterocycles. The first-order chi connectivity index (χ1) is 12.3. The van der Waals surface area contributed by atoms with Crippen LogP contribution in [0.3, 0.4) is 0 Å². The summed E-state index contributed by atoms with van der Waals surface area (Å²) in [5, 5.41) is 2.28. The van der Waals surface area contributed by atoms with E-state index in [0.717, 1.165) is 7.11 Å². The number of hydrogen-bond acceptors (Lipinski definition) is 6. The van der Waals surface area contributed by atoms with Crippen LogP contribution in [0.15, 0.2) is 59.5 Å². The third-order valence-electron chi connectivity index (χ3n) is 3.41. The molecule has 0 radical (unpaired) electrons. The maximum absolute atomic E-state index is 12.5. The maximum Gasteiger partial charge on any atom is 0.329 e. The van der Waals surface area contributed by atoms with E-state index in [9.17, 15) is 18.0 Å². The molecule has 2 rings (SSSR count). The number of sulfone groups is 1. The zero-order chi connectivity index (χ0) is 19.2. The molecular weight excluding hydrogens is 358 g/mol. The van der Waals surface area contributed by atoms with Crippen LogP contribution in [0.1, 0.15) is 6.92 Å². The number of nitrogens with one attached hydrogen (secondary N) is 1. The lowest BCUT2D eigenvalue weighted by Crippen LogP contribution is -2.45. The van der Waals surface area contributed by atoms with Gasteiger partial charge in [-0.3, -0.25) is 4.79 Å². The number of carbonyl (C=O) groups excluding carboxylic acids is 2. The van der Waals surface area contributed by atoms with E-state index in [1.165, 1.54) is 31.2 Å². The van der Waals surface area contributed by atoms with Gasteiger partial charge in [-0.2, -0.15) is 0 Å². The van der Waals surface area contributed by atoms with Crippen LogP contribution in [0.2, 0.25) is 0 Å². The van der Waals surface area contributed by atoms with Crippen LogP contribution in [0.5, 0.6) is 11.5 Å². The maximum atomic E-state index is 12.5. The van der Waals surface area contributed by atoms with Gasteiger partial charge in [0.25, 0.3) is 0 Å². The molecule has 1 N–H and O–H groups in total. The van der Waals surface area contributed by atoms with Gasteiger partial charge in [-0.1, -0.05) is 18.2 Å². The number of esters is 1. The summed E-state index contributed by atoms with van der Waals surface area (Å²) in [6, 6.07) is 13.6. The van der Waals surface area contributed by atoms with Crippen molar-refractivity contribution in [2.75, 3.05) is 12.9 Å². The Balaban J connectivity index is 2.15. The summed E-state index contributed by atoms with van der Waals surface area (Å²) < 4.78 is 35.2. The van der Waals surface area contributed by atoms with Crippen LogP contribution >= 0.6 is 0 Å². The fraction of sp³-hybridized carbons (Fsp3) is 0.222. The quantitative estimate of drug-likeness (QED) is 0.741. The molecule has 8 heteroatoms. The molecular formula is C18H19NO6S. The number of rotatable bonds is 7. The average Bonchev–Trinajstić information content (AvgIpc) is 2.61. The fourth-order valence-corrected chi connectivity index (χ4v) is 3.61. The minimum absolute atomic E-state index is 0.0113. The van der Waals surface area contributed by atoms with E-state index in [1.807, 2.05) is 18.2 Å². The normalized spacial score (nSPS) is 12.1. The second-order valence-corrected chi connectivity index (χ2v) is 7.48. The largest absolute Gasteiger partial charge is 0.467 e. The highest BCUT2D eigenvalue weighted by molar-refractivity contribution is 7.91. The molecule has 0 spiro atoms. The molecule has 0 unspecified atom stereocenters. The minimum atomic E-state index is -3.82. The lowest BCUT2D eigenvalue weighted by molar-refractivity contribution is -0.144. The van der Waals surface area contributed by atoms with Crippen molar-refractivity contribution >= 4 is 21.7 Å². The van der Waals surface area contributed by atoms with Crippen LogP contribution < -0.4 is 10.1 Å². The van der Waals surface area contributed by atoms with Gasteiger partial charge in [0.15, 0.2) is 9.84 Å². The van der Waals surface area contributed by atoms with Crippen LogP contribution in [-0.4, -0.2) is 39.2 Å². The summed E-state index contributed by atoms with van der Waals surface area (Å²) in [7, 11) is -2.70. The van der Waals surface area contributed by atoms with Gasteiger partial charge in [0, 0.05) is 6.92 Å². The van der Waals surface area contributed by atoms with Crippen molar-refractivity contribution in [3.63, 3.8) is 0 Å². The first-order valence-corrected chi connectivity index (χ1v) is 9.37. The standard InChI is InChI=1S/C18H19NO6S/c1-13(20)19-17(18(21)24-2)12-26(22,23)16-10-8-15(9-11-16)25-14-6-4-3-5-7-14/h3-11,17H,12H2,1-2H3,(H,19,20)/t17-/m0/s1. The van der Waals surface area contributed by atoms with E-state index in [0.29, 0.717) is 11.5 Å². The molecule has 0 aliphatic carbocycles. The van der Waals surface area contributed by atoms with Crippen molar-refractivity contribution in [1.29, 1.82) is 0 Å². The lowest BCUT2D eigenvalue weighted by Gasteiger charge is -2.15. The first-order valence-electron chi connectivity index (χ1n) is 7.72. The Morgan fingerprint density at radius 1 is 1.00 bits per heavy atom. The first kappa shape index (κ1) is 19.5. The highest BCUT2D eigenvalue weighted by Crippen LogP contribution is 2.23. The Hall–Kier alpha value is -2.87. The Morgan fingerprint density at radius 2 is 1.58 bits per heavy atom. The van der Waals surface area contributed by atoms with Gasteiger partial charge in [-0.05, 0) is 36.4 Å². The fourth-order valence-electron chi connectivity index (χ4n) is 2.21. The van der Waals surface area contributed by atoms with Crippen LogP contribution in [0, 0.1) is 0 Å². The third kappa shape index (κ3) is 5.32. The molecule has 138 valence electrons. The number of benzene rings is 2. The third-order valence-corrected chi connectivity index (χ3v) is 5.17. The molecule has 0 fully saturated rings. The molecule has 2 aromatic rings. The second kappa shape index (κ2) is 8.48. The van der Waals surface area contributed by atoms with Crippen molar-refractivity contribution in [3.8, 4) is 11.5 Å². The number of methoxy groups -OCH3 is 1. The van der Waals surface area contributed by atoms with E-state index >= 15 is 0 Å². The smallest absolute Gasteiger partial charge is 0.329 e. The predicted molar refractivity (Wildman–Crippen MR) is 94.6 cm³/mol. The molecule has 1 atom stereocenters. The van der Waals surface area contributed by atoms with Crippen LogP contribution in [0.25, 0.3) is 0 Å². The van der Waals surface area contributed by atoms with Crippen LogP contribution in [0.4, 0.5) is 0 Å². The summed E-state index contributed by atoms with van der Waals surface area (Å²) in [5.41, 5.74) is 0. The summed E-state index contributed by atoms with van der Waals surface area (Å²) in [6.45, 7) is 1.19. The number of amides is 1. The molecule has 26 heavy (non-hydrogen) atoms. The van der Waals surface area contributed by atoms with Crippen molar-refractivity contribution in [3.05, 3.63) is 54.6 Å². The van der Waals surface area contributed by atoms with Gasteiger partial charge >= 0.3 is 5.97 Å². The van der Waals surface area contributed by atoms with Gasteiger partial charge in [-0.25, -0.2) is 13.2 Å². The zero-order valence-electron chi connectivity index (χ0n) is 14.3. The zero-order valence-corrected chi connectivity index (χ0v) is 15.2. The molecule has 0 saturated carbocycles. The van der Waals surface area contributed by atoms with Gasteiger partial charge in [0.2, 0.25) is 5.91 Å². The summed E-state index contributed by atoms with van der Waals surface area (Å²) >= 11 is 0. The van der Waals surface area contributed by atoms with E-state index < -0.39 is 33.5 Å². The second-order valence-electron chi connectivity index (χ2n) is 5.44. The number of ether oxygens (including phenoxy) is 2. The minimum Gasteiger partial charge on any atom is -0.467 e. The lowest BCUT2D eigenvalue weighted by atomic mass is 10.3. The molecule has 0 bridgehead atoms. The SMILES string of the molecule is COC(=O)[C@H](CS(=O)(=O)c1ccc(Oc2ccccc2)cc1)NC(C)=O. The Kier molecular flexibility index (Phi) is 6.35. The van der Waals surface area contributed by atoms with E-state index in [2.05, 4.69) is 10.1 Å². The highest BCUT2D eigenvalue weighted by atomic mass is 32.2. The highest BCUT2D eigenvalue weighted by Gasteiger charge is 2.28. The molecule has 1 amide bonds. The summed E-state index contributed by atoms with van der Waals surface area (Å²) in [6.07, 6.45) is 0. The number of hydrogen-bond donors (Lipinski definition) is 1. The van der Waals surface area contributed by atoms with Crippen molar-refractivity contribution < 1.29 is 27.5 Å². The van der Waals surface area contributed by atoms with Gasteiger partial charge in [-0.15, -0.1) is 0 Å². The predicted octanol–water partition coefficient (Wildman–Crippen LogP) is 1.93. The number of para-hydroxylation sites is 1. The summed E-state index contributed by atoms with van der Waals surface area (Å²) in [4.78, 5) is 22.9. The van der Waals surface area contributed by atoms with Gasteiger partial charge in [0.05, 0.1) is 17.8 Å². The Labute approximate surface area is 151 Å². The van der Waals surface area contributed by atoms with Crippen molar-refractivity contribution in [1.82, 2.24) is 5.32 Å². The molecule has 0 aliphatic rings. The van der Waals surface area contributed by atoms with E-state index in [-0.39, 0.29) is 4.90 Å². The molecule has 2 aromatic carbocycles. The summed E-state index contributed by atoms with van der Waals surface area (Å²) in [5.74, 6) is -0.853. The van der Waals surface area contributed by atoms with Gasteiger partial charge < -0.3 is 14.8 Å². The van der Waals surface area contributed by atoms with Gasteiger partial charge in [0.1, 0.15) is 17.5 Å². The number of carbonyl (C=O) groups is 2. The molecule has 7 nitrogen and oxygen atoms in total.